The van der Waals surface area contributed by atoms with Gasteiger partial charge in [0.15, 0.2) is 0 Å². The summed E-state index contributed by atoms with van der Waals surface area (Å²) in [5, 5.41) is 8.64. The average molecular weight is 288 g/mol. The molecular weight excluding hydrogens is 276 g/mol. The maximum absolute atomic E-state index is 12.2. The van der Waals surface area contributed by atoms with E-state index in [9.17, 15) is 8.42 Å². The standard InChI is InChI=1S/C13H12N4O2S/c1-9-6-10(15)2-5-13(9)17-20(18,19)12-4-3-11(7-14)16-8-12/h2-6,8,17H,15H2,1H3. The molecule has 0 spiro atoms. The molecule has 0 unspecified atom stereocenters. The fourth-order valence-electron chi connectivity index (χ4n) is 1.61. The van der Waals surface area contributed by atoms with Gasteiger partial charge in [-0.05, 0) is 42.8 Å². The van der Waals surface area contributed by atoms with Crippen LogP contribution in [0.5, 0.6) is 0 Å². The molecule has 7 heteroatoms. The lowest BCUT2D eigenvalue weighted by molar-refractivity contribution is 0.600. The van der Waals surface area contributed by atoms with Crippen LogP contribution in [0.4, 0.5) is 11.4 Å². The monoisotopic (exact) mass is 288 g/mol. The minimum atomic E-state index is -3.74. The number of sulfonamides is 1. The molecule has 0 saturated carbocycles. The molecule has 1 aromatic carbocycles. The van der Waals surface area contributed by atoms with E-state index >= 15 is 0 Å². The number of benzene rings is 1. The Morgan fingerprint density at radius 2 is 2.05 bits per heavy atom. The molecule has 2 rings (SSSR count). The summed E-state index contributed by atoms with van der Waals surface area (Å²) in [6.45, 7) is 1.76. The van der Waals surface area contributed by atoms with Gasteiger partial charge in [0.25, 0.3) is 10.0 Å². The van der Waals surface area contributed by atoms with E-state index in [0.29, 0.717) is 11.4 Å². The number of pyridine rings is 1. The molecule has 0 fully saturated rings. The molecule has 0 bridgehead atoms. The van der Waals surface area contributed by atoms with Crippen LogP contribution in [0.25, 0.3) is 0 Å². The van der Waals surface area contributed by atoms with Crippen LogP contribution in [0.1, 0.15) is 11.3 Å². The molecule has 0 saturated heterocycles. The number of nitrogens with zero attached hydrogens (tertiary/aromatic N) is 2. The Morgan fingerprint density at radius 3 is 2.60 bits per heavy atom. The highest BCUT2D eigenvalue weighted by Crippen LogP contribution is 2.21. The summed E-state index contributed by atoms with van der Waals surface area (Å²) in [5.41, 5.74) is 7.50. The largest absolute Gasteiger partial charge is 0.399 e. The lowest BCUT2D eigenvalue weighted by Crippen LogP contribution is -2.14. The van der Waals surface area contributed by atoms with Crippen LogP contribution in [0.3, 0.4) is 0 Å². The van der Waals surface area contributed by atoms with Gasteiger partial charge in [-0.25, -0.2) is 13.4 Å². The molecule has 1 heterocycles. The number of aromatic nitrogens is 1. The molecule has 0 aliphatic rings. The van der Waals surface area contributed by atoms with Gasteiger partial charge in [-0.2, -0.15) is 5.26 Å². The quantitative estimate of drug-likeness (QED) is 0.834. The number of nitrogens with one attached hydrogen (secondary N) is 1. The molecule has 6 nitrogen and oxygen atoms in total. The van der Waals surface area contributed by atoms with E-state index in [0.717, 1.165) is 11.8 Å². The molecule has 0 aliphatic heterocycles. The van der Waals surface area contributed by atoms with Crippen molar-refractivity contribution in [2.75, 3.05) is 10.5 Å². The molecule has 0 amide bonds. The van der Waals surface area contributed by atoms with Gasteiger partial charge in [-0.1, -0.05) is 0 Å². The Hall–Kier alpha value is -2.59. The van der Waals surface area contributed by atoms with Gasteiger partial charge in [0, 0.05) is 11.9 Å². The number of hydrogen-bond donors (Lipinski definition) is 2. The van der Waals surface area contributed by atoms with Gasteiger partial charge in [-0.15, -0.1) is 0 Å². The van der Waals surface area contributed by atoms with E-state index in [1.54, 1.807) is 25.1 Å². The van der Waals surface area contributed by atoms with Gasteiger partial charge in [-0.3, -0.25) is 4.72 Å². The Labute approximate surface area is 116 Å². The third-order valence-electron chi connectivity index (χ3n) is 2.66. The van der Waals surface area contributed by atoms with Gasteiger partial charge in [0.1, 0.15) is 16.7 Å². The minimum Gasteiger partial charge on any atom is -0.399 e. The minimum absolute atomic E-state index is 0.00674. The van der Waals surface area contributed by atoms with Crippen molar-refractivity contribution in [1.29, 1.82) is 5.26 Å². The fourth-order valence-corrected chi connectivity index (χ4v) is 2.69. The highest BCUT2D eigenvalue weighted by Gasteiger charge is 2.15. The van der Waals surface area contributed by atoms with E-state index in [-0.39, 0.29) is 10.6 Å². The maximum atomic E-state index is 12.2. The van der Waals surface area contributed by atoms with Crippen molar-refractivity contribution in [3.05, 3.63) is 47.8 Å². The number of rotatable bonds is 3. The SMILES string of the molecule is Cc1cc(N)ccc1NS(=O)(=O)c1ccc(C#N)nc1. The second-order valence-electron chi connectivity index (χ2n) is 4.17. The molecule has 3 N–H and O–H groups in total. The first kappa shape index (κ1) is 13.8. The Bertz CT molecular complexity index is 777. The summed E-state index contributed by atoms with van der Waals surface area (Å²) in [4.78, 5) is 3.73. The van der Waals surface area contributed by atoms with Crippen molar-refractivity contribution in [1.82, 2.24) is 4.98 Å². The highest BCUT2D eigenvalue weighted by molar-refractivity contribution is 7.92. The topological polar surface area (TPSA) is 109 Å². The number of hydrogen-bond acceptors (Lipinski definition) is 5. The van der Waals surface area contributed by atoms with E-state index in [1.165, 1.54) is 12.1 Å². The van der Waals surface area contributed by atoms with Crippen molar-refractivity contribution >= 4 is 21.4 Å². The number of nitrogen functional groups attached to an aromatic ring is 1. The first-order chi connectivity index (χ1) is 9.42. The third kappa shape index (κ3) is 2.87. The predicted octanol–water partition coefficient (Wildman–Crippen LogP) is 1.64. The van der Waals surface area contributed by atoms with Crippen molar-refractivity contribution < 1.29 is 8.42 Å². The van der Waals surface area contributed by atoms with Crippen LogP contribution in [0.2, 0.25) is 0 Å². The second kappa shape index (κ2) is 5.19. The van der Waals surface area contributed by atoms with Crippen molar-refractivity contribution in [3.63, 3.8) is 0 Å². The van der Waals surface area contributed by atoms with E-state index in [4.69, 9.17) is 11.0 Å². The normalized spacial score (nSPS) is 10.8. The summed E-state index contributed by atoms with van der Waals surface area (Å²) < 4.78 is 26.8. The van der Waals surface area contributed by atoms with E-state index in [2.05, 4.69) is 9.71 Å². The van der Waals surface area contributed by atoms with Gasteiger partial charge < -0.3 is 5.73 Å². The van der Waals surface area contributed by atoms with Crippen molar-refractivity contribution in [2.24, 2.45) is 0 Å². The molecule has 20 heavy (non-hydrogen) atoms. The Morgan fingerprint density at radius 1 is 1.30 bits per heavy atom. The zero-order valence-corrected chi connectivity index (χ0v) is 11.5. The predicted molar refractivity (Wildman–Crippen MR) is 75.4 cm³/mol. The zero-order chi connectivity index (χ0) is 14.8. The number of anilines is 2. The van der Waals surface area contributed by atoms with Crippen LogP contribution in [0, 0.1) is 18.3 Å². The van der Waals surface area contributed by atoms with Gasteiger partial charge in [0.05, 0.1) is 5.69 Å². The number of nitrogens with two attached hydrogens (primary N) is 1. The summed E-state index contributed by atoms with van der Waals surface area (Å²) in [7, 11) is -3.74. The van der Waals surface area contributed by atoms with Crippen LogP contribution in [0.15, 0.2) is 41.4 Å². The smallest absolute Gasteiger partial charge is 0.263 e. The van der Waals surface area contributed by atoms with E-state index in [1.807, 2.05) is 6.07 Å². The molecule has 0 atom stereocenters. The first-order valence-electron chi connectivity index (χ1n) is 5.67. The van der Waals surface area contributed by atoms with Crippen LogP contribution < -0.4 is 10.5 Å². The van der Waals surface area contributed by atoms with E-state index < -0.39 is 10.0 Å². The second-order valence-corrected chi connectivity index (χ2v) is 5.85. The van der Waals surface area contributed by atoms with Gasteiger partial charge >= 0.3 is 0 Å². The third-order valence-corrected chi connectivity index (χ3v) is 4.01. The van der Waals surface area contributed by atoms with Crippen LogP contribution in [-0.4, -0.2) is 13.4 Å². The average Bonchev–Trinajstić information content (AvgIpc) is 2.42. The molecule has 2 aromatic rings. The first-order valence-corrected chi connectivity index (χ1v) is 7.16. The molecule has 0 radical (unpaired) electrons. The molecular formula is C13H12N4O2S. The molecule has 102 valence electrons. The summed E-state index contributed by atoms with van der Waals surface area (Å²) in [5.74, 6) is 0. The maximum Gasteiger partial charge on any atom is 0.263 e. The molecule has 1 aromatic heterocycles. The Kier molecular flexibility index (Phi) is 3.59. The lowest BCUT2D eigenvalue weighted by atomic mass is 10.2. The fraction of sp³-hybridized carbons (Fsp3) is 0.0769. The lowest BCUT2D eigenvalue weighted by Gasteiger charge is -2.10. The number of nitriles is 1. The highest BCUT2D eigenvalue weighted by atomic mass is 32.2. The van der Waals surface area contributed by atoms with Crippen LogP contribution >= 0.6 is 0 Å². The molecule has 0 aliphatic carbocycles. The summed E-state index contributed by atoms with van der Waals surface area (Å²) in [6.07, 6.45) is 1.15. The van der Waals surface area contributed by atoms with Crippen LogP contribution in [-0.2, 0) is 10.0 Å². The van der Waals surface area contributed by atoms with Gasteiger partial charge in [0.2, 0.25) is 0 Å². The summed E-state index contributed by atoms with van der Waals surface area (Å²) >= 11 is 0. The van der Waals surface area contributed by atoms with Crippen molar-refractivity contribution in [2.45, 2.75) is 11.8 Å². The van der Waals surface area contributed by atoms with Crippen molar-refractivity contribution in [3.8, 4) is 6.07 Å². The number of aryl methyl sites for hydroxylation is 1. The summed E-state index contributed by atoms with van der Waals surface area (Å²) in [6, 6.07) is 9.40. The zero-order valence-electron chi connectivity index (χ0n) is 10.7. The Balaban J connectivity index is 2.33.